The van der Waals surface area contributed by atoms with Gasteiger partial charge in [-0.2, -0.15) is 0 Å². The molecule has 0 aliphatic heterocycles. The number of hydrogen-bond acceptors (Lipinski definition) is 1. The highest BCUT2D eigenvalue weighted by atomic mass is 16.3. The van der Waals surface area contributed by atoms with Crippen molar-refractivity contribution in [3.8, 4) is 0 Å². The molecule has 0 unspecified atom stereocenters. The zero-order valence-electron chi connectivity index (χ0n) is 20.3. The van der Waals surface area contributed by atoms with Gasteiger partial charge in [0.25, 0.3) is 0 Å². The lowest BCUT2D eigenvalue weighted by Gasteiger charge is -2.33. The van der Waals surface area contributed by atoms with E-state index in [4.69, 9.17) is 0 Å². The predicted molar refractivity (Wildman–Crippen MR) is 135 cm³/mol. The van der Waals surface area contributed by atoms with Crippen LogP contribution in [0.25, 0.3) is 6.08 Å². The second-order valence-electron chi connectivity index (χ2n) is 9.80. The first-order chi connectivity index (χ1) is 14.9. The van der Waals surface area contributed by atoms with Gasteiger partial charge in [0.2, 0.25) is 0 Å². The third kappa shape index (κ3) is 9.84. The molecule has 2 aromatic rings. The molecule has 0 radical (unpaired) electrons. The maximum absolute atomic E-state index is 10.9. The van der Waals surface area contributed by atoms with Crippen molar-refractivity contribution in [2.75, 3.05) is 27.2 Å². The second-order valence-corrected chi connectivity index (χ2v) is 9.80. The SMILES string of the molecule is CCCCCCCCc1ccc([C@@H](O)[C@@H](C)C[N+](C)(C)C/C=C/c2ccccc2)cc1. The summed E-state index contributed by atoms with van der Waals surface area (Å²) in [6.07, 6.45) is 13.2. The molecule has 0 heterocycles. The van der Waals surface area contributed by atoms with Gasteiger partial charge in [-0.05, 0) is 35.6 Å². The summed E-state index contributed by atoms with van der Waals surface area (Å²) in [4.78, 5) is 0. The molecule has 0 bridgehead atoms. The normalized spacial score (nSPS) is 14.1. The van der Waals surface area contributed by atoms with Crippen LogP contribution in [0.1, 0.15) is 75.2 Å². The number of hydrogen-bond donors (Lipinski definition) is 1. The minimum absolute atomic E-state index is 0.199. The Balaban J connectivity index is 1.79. The Morgan fingerprint density at radius 3 is 2.19 bits per heavy atom. The number of likely N-dealkylation sites (N-methyl/N-ethyl adjacent to an activating group) is 1. The lowest BCUT2D eigenvalue weighted by Crippen LogP contribution is -2.44. The fourth-order valence-corrected chi connectivity index (χ4v) is 4.31. The fourth-order valence-electron chi connectivity index (χ4n) is 4.31. The Morgan fingerprint density at radius 1 is 0.871 bits per heavy atom. The van der Waals surface area contributed by atoms with Gasteiger partial charge in [0, 0.05) is 5.92 Å². The molecule has 0 fully saturated rings. The number of quaternary nitrogens is 1. The van der Waals surface area contributed by atoms with Gasteiger partial charge in [-0.3, -0.25) is 0 Å². The molecule has 2 atom stereocenters. The summed E-state index contributed by atoms with van der Waals surface area (Å²) in [6.45, 7) is 6.30. The lowest BCUT2D eigenvalue weighted by atomic mass is 9.94. The van der Waals surface area contributed by atoms with Crippen LogP contribution in [0, 0.1) is 5.92 Å². The molecule has 0 aliphatic rings. The lowest BCUT2D eigenvalue weighted by molar-refractivity contribution is -0.888. The first-order valence-corrected chi connectivity index (χ1v) is 12.2. The standard InChI is InChI=1S/C29H44NO/c1-5-6-7-8-9-11-17-27-19-21-28(22-20-27)29(31)25(2)24-30(3,4)23-14-18-26-15-12-10-13-16-26/h10,12-16,18-22,25,29,31H,5-9,11,17,23-24H2,1-4H3/q+1/b18-14+/t25-,29-/m0/s1. The third-order valence-electron chi connectivity index (χ3n) is 6.17. The number of aliphatic hydroxyl groups excluding tert-OH is 1. The number of nitrogens with zero attached hydrogens (tertiary/aromatic N) is 1. The van der Waals surface area contributed by atoms with Gasteiger partial charge >= 0.3 is 0 Å². The number of unbranched alkanes of at least 4 members (excludes halogenated alkanes) is 5. The highest BCUT2D eigenvalue weighted by molar-refractivity contribution is 5.48. The Morgan fingerprint density at radius 2 is 1.52 bits per heavy atom. The van der Waals surface area contributed by atoms with E-state index in [9.17, 15) is 5.11 Å². The van der Waals surface area contributed by atoms with E-state index in [1.807, 2.05) is 6.07 Å². The van der Waals surface area contributed by atoms with E-state index in [1.54, 1.807) is 0 Å². The van der Waals surface area contributed by atoms with E-state index >= 15 is 0 Å². The summed E-state index contributed by atoms with van der Waals surface area (Å²) in [5.41, 5.74) is 3.66. The van der Waals surface area contributed by atoms with Crippen molar-refractivity contribution in [2.45, 2.75) is 64.9 Å². The summed E-state index contributed by atoms with van der Waals surface area (Å²) >= 11 is 0. The Bertz CT molecular complexity index is 748. The topological polar surface area (TPSA) is 20.2 Å². The highest BCUT2D eigenvalue weighted by Gasteiger charge is 2.24. The van der Waals surface area contributed by atoms with Crippen molar-refractivity contribution in [3.63, 3.8) is 0 Å². The van der Waals surface area contributed by atoms with Crippen LogP contribution in [0.3, 0.4) is 0 Å². The smallest absolute Gasteiger partial charge is 0.0972 e. The summed E-state index contributed by atoms with van der Waals surface area (Å²) in [7, 11) is 4.48. The maximum Gasteiger partial charge on any atom is 0.0972 e. The molecule has 0 aliphatic carbocycles. The summed E-state index contributed by atoms with van der Waals surface area (Å²) in [6, 6.07) is 19.1. The van der Waals surface area contributed by atoms with E-state index in [0.717, 1.165) is 29.6 Å². The van der Waals surface area contributed by atoms with Crippen LogP contribution in [0.2, 0.25) is 0 Å². The summed E-state index contributed by atoms with van der Waals surface area (Å²) in [5.74, 6) is 0.199. The zero-order valence-corrected chi connectivity index (χ0v) is 20.3. The largest absolute Gasteiger partial charge is 0.388 e. The van der Waals surface area contributed by atoms with Gasteiger partial charge in [0.15, 0.2) is 0 Å². The Hall–Kier alpha value is -1.90. The van der Waals surface area contributed by atoms with E-state index in [1.165, 1.54) is 49.7 Å². The summed E-state index contributed by atoms with van der Waals surface area (Å²) < 4.78 is 0.859. The first kappa shape index (κ1) is 25.4. The average Bonchev–Trinajstić information content (AvgIpc) is 2.76. The van der Waals surface area contributed by atoms with E-state index in [2.05, 4.69) is 88.6 Å². The first-order valence-electron chi connectivity index (χ1n) is 12.2. The molecule has 2 nitrogen and oxygen atoms in total. The van der Waals surface area contributed by atoms with Gasteiger partial charge in [0.1, 0.15) is 0 Å². The molecule has 1 N–H and O–H groups in total. The molecule has 2 aromatic carbocycles. The van der Waals surface area contributed by atoms with Crippen molar-refractivity contribution in [2.24, 2.45) is 5.92 Å². The van der Waals surface area contributed by atoms with Gasteiger partial charge in [-0.15, -0.1) is 0 Å². The highest BCUT2D eigenvalue weighted by Crippen LogP contribution is 2.25. The molecule has 31 heavy (non-hydrogen) atoms. The molecule has 0 saturated heterocycles. The van der Waals surface area contributed by atoms with Crippen LogP contribution in [-0.2, 0) is 6.42 Å². The molecule has 0 saturated carbocycles. The summed E-state index contributed by atoms with van der Waals surface area (Å²) in [5, 5.41) is 10.9. The predicted octanol–water partition coefficient (Wildman–Crippen LogP) is 7.05. The molecule has 2 rings (SSSR count). The number of aliphatic hydroxyl groups is 1. The Kier molecular flexibility index (Phi) is 11.0. The van der Waals surface area contributed by atoms with Gasteiger partial charge in [0.05, 0.1) is 33.3 Å². The second kappa shape index (κ2) is 13.5. The molecule has 2 heteroatoms. The Labute approximate surface area is 191 Å². The van der Waals surface area contributed by atoms with Crippen molar-refractivity contribution in [1.82, 2.24) is 0 Å². The quantitative estimate of drug-likeness (QED) is 0.255. The molecular weight excluding hydrogens is 378 g/mol. The average molecular weight is 423 g/mol. The van der Waals surface area contributed by atoms with Gasteiger partial charge < -0.3 is 9.59 Å². The number of benzene rings is 2. The number of rotatable bonds is 14. The van der Waals surface area contributed by atoms with Crippen molar-refractivity contribution in [3.05, 3.63) is 77.4 Å². The van der Waals surface area contributed by atoms with Crippen LogP contribution >= 0.6 is 0 Å². The van der Waals surface area contributed by atoms with E-state index in [0.29, 0.717) is 0 Å². The van der Waals surface area contributed by atoms with Gasteiger partial charge in [-0.1, -0.05) is 107 Å². The van der Waals surface area contributed by atoms with Crippen molar-refractivity contribution < 1.29 is 9.59 Å². The number of aryl methyl sites for hydroxylation is 1. The van der Waals surface area contributed by atoms with Crippen LogP contribution in [-0.4, -0.2) is 36.8 Å². The third-order valence-corrected chi connectivity index (χ3v) is 6.17. The van der Waals surface area contributed by atoms with E-state index in [-0.39, 0.29) is 5.92 Å². The molecular formula is C29H44NO+. The van der Waals surface area contributed by atoms with Crippen LogP contribution in [0.4, 0.5) is 0 Å². The van der Waals surface area contributed by atoms with Crippen molar-refractivity contribution >= 4 is 6.08 Å². The molecule has 170 valence electrons. The minimum Gasteiger partial charge on any atom is -0.388 e. The zero-order chi connectivity index (χ0) is 22.5. The minimum atomic E-state index is -0.418. The van der Waals surface area contributed by atoms with Crippen molar-refractivity contribution in [1.29, 1.82) is 0 Å². The maximum atomic E-state index is 10.9. The molecule has 0 spiro atoms. The van der Waals surface area contributed by atoms with Gasteiger partial charge in [-0.25, -0.2) is 0 Å². The van der Waals surface area contributed by atoms with Crippen LogP contribution in [0.5, 0.6) is 0 Å². The van der Waals surface area contributed by atoms with Crippen LogP contribution in [0.15, 0.2) is 60.7 Å². The van der Waals surface area contributed by atoms with Crippen LogP contribution < -0.4 is 0 Å². The van der Waals surface area contributed by atoms with E-state index < -0.39 is 6.10 Å². The fraction of sp³-hybridized carbons (Fsp3) is 0.517. The molecule has 0 aromatic heterocycles. The monoisotopic (exact) mass is 422 g/mol. The molecule has 0 amide bonds.